The Labute approximate surface area is 76.5 Å². The van der Waals surface area contributed by atoms with E-state index in [9.17, 15) is 23.3 Å². The molecule has 4 nitrogen and oxygen atoms in total. The smallest absolute Gasteiger partial charge is 0.258 e. The molecule has 76 valence electrons. The third-order valence-corrected chi connectivity index (χ3v) is 1.58. The van der Waals surface area contributed by atoms with Crippen molar-refractivity contribution < 1.29 is 18.1 Å². The molecular weight excluding hydrogens is 201 g/mol. The van der Waals surface area contributed by atoms with Crippen molar-refractivity contribution >= 4 is 5.69 Å². The van der Waals surface area contributed by atoms with Crippen LogP contribution in [0.15, 0.2) is 12.3 Å². The summed E-state index contributed by atoms with van der Waals surface area (Å²) in [6, 6.07) is 1.16. The van der Waals surface area contributed by atoms with Crippen molar-refractivity contribution in [3.63, 3.8) is 0 Å². The molecule has 0 radical (unpaired) electrons. The van der Waals surface area contributed by atoms with Crippen molar-refractivity contribution in [2.24, 2.45) is 0 Å². The number of aromatic nitrogens is 1. The Kier molecular flexibility index (Phi) is 2.41. The van der Waals surface area contributed by atoms with Gasteiger partial charge < -0.3 is 0 Å². The molecule has 0 saturated carbocycles. The Morgan fingerprint density at radius 2 is 2.07 bits per heavy atom. The molecule has 0 atom stereocenters. The van der Waals surface area contributed by atoms with Crippen LogP contribution in [0.3, 0.4) is 0 Å². The summed E-state index contributed by atoms with van der Waals surface area (Å²) in [6.07, 6.45) is -3.90. The number of aryl methyl sites for hydroxylation is 1. The van der Waals surface area contributed by atoms with E-state index in [1.54, 1.807) is 0 Å². The summed E-state index contributed by atoms with van der Waals surface area (Å²) >= 11 is 0. The van der Waals surface area contributed by atoms with Gasteiger partial charge in [-0.15, -0.1) is 0 Å². The second kappa shape index (κ2) is 3.24. The van der Waals surface area contributed by atoms with Crippen LogP contribution >= 0.6 is 0 Å². The van der Waals surface area contributed by atoms with Crippen molar-refractivity contribution in [1.29, 1.82) is 0 Å². The van der Waals surface area contributed by atoms with Gasteiger partial charge in [-0.2, -0.15) is 13.2 Å². The van der Waals surface area contributed by atoms with Crippen LogP contribution in [0.4, 0.5) is 18.9 Å². The zero-order chi connectivity index (χ0) is 10.9. The number of nitro groups is 1. The Morgan fingerprint density at radius 3 is 2.43 bits per heavy atom. The number of halogens is 3. The van der Waals surface area contributed by atoms with Gasteiger partial charge in [-0.1, -0.05) is 0 Å². The van der Waals surface area contributed by atoms with Gasteiger partial charge in [0.15, 0.2) is 0 Å². The molecule has 0 aliphatic rings. The van der Waals surface area contributed by atoms with Gasteiger partial charge in [0.25, 0.3) is 0 Å². The van der Waals surface area contributed by atoms with E-state index < -0.39 is 22.5 Å². The first-order chi connectivity index (χ1) is 6.34. The van der Waals surface area contributed by atoms with E-state index in [-0.39, 0.29) is 5.56 Å². The van der Waals surface area contributed by atoms with Gasteiger partial charge in [0.05, 0.1) is 4.92 Å². The summed E-state index contributed by atoms with van der Waals surface area (Å²) in [7, 11) is 0. The third-order valence-electron chi connectivity index (χ3n) is 1.58. The van der Waals surface area contributed by atoms with Crippen molar-refractivity contribution in [2.75, 3.05) is 0 Å². The molecule has 0 aliphatic heterocycles. The first kappa shape index (κ1) is 10.4. The highest BCUT2D eigenvalue weighted by Crippen LogP contribution is 2.35. The maximum Gasteiger partial charge on any atom is 0.440 e. The number of hydrogen-bond donors (Lipinski definition) is 0. The minimum atomic E-state index is -4.80. The predicted molar refractivity (Wildman–Crippen MR) is 40.6 cm³/mol. The average Bonchev–Trinajstić information content (AvgIpc) is 2.01. The molecule has 0 saturated heterocycles. The molecule has 0 bridgehead atoms. The monoisotopic (exact) mass is 206 g/mol. The lowest BCUT2D eigenvalue weighted by atomic mass is 10.2. The van der Waals surface area contributed by atoms with Crippen LogP contribution in [0.2, 0.25) is 0 Å². The quantitative estimate of drug-likeness (QED) is 0.523. The molecule has 1 heterocycles. The number of hydrogen-bond acceptors (Lipinski definition) is 3. The van der Waals surface area contributed by atoms with Crippen LogP contribution in [-0.2, 0) is 6.18 Å². The molecule has 0 aliphatic carbocycles. The second-order valence-electron chi connectivity index (χ2n) is 2.58. The van der Waals surface area contributed by atoms with Crippen LogP contribution in [0.25, 0.3) is 0 Å². The average molecular weight is 206 g/mol. The van der Waals surface area contributed by atoms with Crippen LogP contribution in [-0.4, -0.2) is 9.91 Å². The summed E-state index contributed by atoms with van der Waals surface area (Å²) in [4.78, 5) is 12.2. The fraction of sp³-hybridized carbons (Fsp3) is 0.286. The zero-order valence-corrected chi connectivity index (χ0v) is 7.00. The molecular formula is C7H5F3N2O2. The molecule has 1 rings (SSSR count). The van der Waals surface area contributed by atoms with E-state index in [2.05, 4.69) is 4.98 Å². The molecule has 1 aromatic rings. The minimum absolute atomic E-state index is 0.0580. The molecule has 0 aromatic carbocycles. The standard InChI is InChI=1S/C7H5F3N2O2/c1-4-2-3-11-6(7(8,9)10)5(4)12(13)14/h2-3H,1H3. The molecule has 14 heavy (non-hydrogen) atoms. The normalized spacial score (nSPS) is 11.4. The largest absolute Gasteiger partial charge is 0.440 e. The first-order valence-corrected chi connectivity index (χ1v) is 3.51. The Balaban J connectivity index is 3.44. The highest BCUT2D eigenvalue weighted by molar-refractivity contribution is 5.44. The Morgan fingerprint density at radius 1 is 1.50 bits per heavy atom. The molecule has 0 unspecified atom stereocenters. The van der Waals surface area contributed by atoms with Crippen molar-refractivity contribution in [2.45, 2.75) is 13.1 Å². The summed E-state index contributed by atoms with van der Waals surface area (Å²) in [5.41, 5.74) is -2.50. The molecule has 0 amide bonds. The highest BCUT2D eigenvalue weighted by Gasteiger charge is 2.40. The van der Waals surface area contributed by atoms with Gasteiger partial charge in [-0.25, -0.2) is 4.98 Å². The first-order valence-electron chi connectivity index (χ1n) is 3.51. The molecule has 0 N–H and O–H groups in total. The molecule has 0 fully saturated rings. The van der Waals surface area contributed by atoms with Crippen molar-refractivity contribution in [1.82, 2.24) is 4.98 Å². The van der Waals surface area contributed by atoms with Gasteiger partial charge in [0.1, 0.15) is 0 Å². The van der Waals surface area contributed by atoms with E-state index >= 15 is 0 Å². The molecule has 7 heteroatoms. The number of rotatable bonds is 1. The van der Waals surface area contributed by atoms with Crippen molar-refractivity contribution in [3.8, 4) is 0 Å². The Bertz CT molecular complexity index is 376. The topological polar surface area (TPSA) is 56.0 Å². The van der Waals surface area contributed by atoms with Crippen LogP contribution in [0.1, 0.15) is 11.3 Å². The highest BCUT2D eigenvalue weighted by atomic mass is 19.4. The second-order valence-corrected chi connectivity index (χ2v) is 2.58. The van der Waals surface area contributed by atoms with Gasteiger partial charge in [0, 0.05) is 11.8 Å². The zero-order valence-electron chi connectivity index (χ0n) is 7.00. The summed E-state index contributed by atoms with van der Waals surface area (Å²) in [6.45, 7) is 1.23. The lowest BCUT2D eigenvalue weighted by Crippen LogP contribution is -2.12. The lowest BCUT2D eigenvalue weighted by molar-refractivity contribution is -0.389. The number of alkyl halides is 3. The third kappa shape index (κ3) is 1.81. The molecule has 1 aromatic heterocycles. The minimum Gasteiger partial charge on any atom is -0.258 e. The van der Waals surface area contributed by atoms with Crippen LogP contribution < -0.4 is 0 Å². The van der Waals surface area contributed by atoms with E-state index in [1.807, 2.05) is 0 Å². The predicted octanol–water partition coefficient (Wildman–Crippen LogP) is 2.32. The summed E-state index contributed by atoms with van der Waals surface area (Å²) < 4.78 is 36.7. The van der Waals surface area contributed by atoms with E-state index in [4.69, 9.17) is 0 Å². The van der Waals surface area contributed by atoms with E-state index in [0.29, 0.717) is 0 Å². The number of nitrogens with zero attached hydrogens (tertiary/aromatic N) is 2. The van der Waals surface area contributed by atoms with Gasteiger partial charge in [0.2, 0.25) is 5.69 Å². The van der Waals surface area contributed by atoms with E-state index in [1.165, 1.54) is 6.92 Å². The fourth-order valence-corrected chi connectivity index (χ4v) is 0.988. The fourth-order valence-electron chi connectivity index (χ4n) is 0.988. The van der Waals surface area contributed by atoms with Crippen LogP contribution in [0, 0.1) is 17.0 Å². The maximum absolute atomic E-state index is 12.2. The van der Waals surface area contributed by atoms with Gasteiger partial charge in [-0.3, -0.25) is 10.1 Å². The SMILES string of the molecule is Cc1ccnc(C(F)(F)F)c1[N+](=O)[O-]. The Hall–Kier alpha value is -1.66. The van der Waals surface area contributed by atoms with Gasteiger partial charge in [-0.05, 0) is 13.0 Å². The number of pyridine rings is 1. The summed E-state index contributed by atoms with van der Waals surface area (Å²) in [5.74, 6) is 0. The van der Waals surface area contributed by atoms with Gasteiger partial charge >= 0.3 is 11.9 Å². The maximum atomic E-state index is 12.2. The van der Waals surface area contributed by atoms with Crippen molar-refractivity contribution in [3.05, 3.63) is 33.6 Å². The van der Waals surface area contributed by atoms with E-state index in [0.717, 1.165) is 12.3 Å². The van der Waals surface area contributed by atoms with Crippen LogP contribution in [0.5, 0.6) is 0 Å². The molecule has 0 spiro atoms. The summed E-state index contributed by atoms with van der Waals surface area (Å²) in [5, 5.41) is 10.4. The lowest BCUT2D eigenvalue weighted by Gasteiger charge is -2.06.